The van der Waals surface area contributed by atoms with Gasteiger partial charge in [-0.1, -0.05) is 0 Å². The van der Waals surface area contributed by atoms with Crippen molar-refractivity contribution < 1.29 is 5.11 Å². The van der Waals surface area contributed by atoms with Crippen LogP contribution in [0.1, 0.15) is 19.4 Å². The van der Waals surface area contributed by atoms with E-state index in [2.05, 4.69) is 5.10 Å². The Morgan fingerprint density at radius 3 is 2.85 bits per heavy atom. The summed E-state index contributed by atoms with van der Waals surface area (Å²) in [6, 6.07) is 0. The summed E-state index contributed by atoms with van der Waals surface area (Å²) in [5.41, 5.74) is 6.34. The van der Waals surface area contributed by atoms with Gasteiger partial charge < -0.3 is 10.8 Å². The molecule has 0 saturated heterocycles. The van der Waals surface area contributed by atoms with Gasteiger partial charge in [0.2, 0.25) is 0 Å². The second-order valence-electron chi connectivity index (χ2n) is 3.69. The third-order valence-corrected chi connectivity index (χ3v) is 1.98. The summed E-state index contributed by atoms with van der Waals surface area (Å²) in [4.78, 5) is 0. The average molecular weight is 183 g/mol. The summed E-state index contributed by atoms with van der Waals surface area (Å²) in [6.07, 6.45) is 4.41. The summed E-state index contributed by atoms with van der Waals surface area (Å²) in [7, 11) is 0. The van der Waals surface area contributed by atoms with E-state index in [1.165, 1.54) is 0 Å². The van der Waals surface area contributed by atoms with E-state index in [1.54, 1.807) is 6.20 Å². The molecule has 4 nitrogen and oxygen atoms in total. The summed E-state index contributed by atoms with van der Waals surface area (Å²) in [6.45, 7) is 4.71. The number of aliphatic hydroxyl groups is 1. The van der Waals surface area contributed by atoms with Crippen molar-refractivity contribution in [3.05, 3.63) is 18.0 Å². The van der Waals surface area contributed by atoms with Crippen LogP contribution in [0.4, 0.5) is 0 Å². The van der Waals surface area contributed by atoms with Crippen LogP contribution in [0, 0.1) is 0 Å². The Balaban J connectivity index is 2.63. The largest absolute Gasteiger partial charge is 0.394 e. The van der Waals surface area contributed by atoms with E-state index in [1.807, 2.05) is 24.7 Å². The first kappa shape index (κ1) is 10.2. The van der Waals surface area contributed by atoms with Gasteiger partial charge in [0.05, 0.1) is 12.8 Å². The highest BCUT2D eigenvalue weighted by Crippen LogP contribution is 2.08. The first-order chi connectivity index (χ1) is 6.07. The molecular weight excluding hydrogens is 166 g/mol. The number of aryl methyl sites for hydroxylation is 1. The zero-order valence-corrected chi connectivity index (χ0v) is 8.20. The molecule has 4 heteroatoms. The highest BCUT2D eigenvalue weighted by molar-refractivity contribution is 5.08. The summed E-state index contributed by atoms with van der Waals surface area (Å²) < 4.78 is 1.85. The SMILES string of the molecule is CCn1cc(CC(C)(N)CO)cn1. The van der Waals surface area contributed by atoms with E-state index in [9.17, 15) is 0 Å². The summed E-state index contributed by atoms with van der Waals surface area (Å²) in [5.74, 6) is 0. The highest BCUT2D eigenvalue weighted by Gasteiger charge is 2.18. The average Bonchev–Trinajstić information content (AvgIpc) is 2.52. The molecule has 1 rings (SSSR count). The Hall–Kier alpha value is -0.870. The molecule has 1 aromatic heterocycles. The molecule has 1 atom stereocenters. The van der Waals surface area contributed by atoms with Crippen molar-refractivity contribution in [2.45, 2.75) is 32.4 Å². The molecule has 0 bridgehead atoms. The van der Waals surface area contributed by atoms with Gasteiger partial charge in [-0.2, -0.15) is 5.10 Å². The zero-order chi connectivity index (χ0) is 9.90. The van der Waals surface area contributed by atoms with E-state index in [0.29, 0.717) is 6.42 Å². The second-order valence-corrected chi connectivity index (χ2v) is 3.69. The number of rotatable bonds is 4. The molecule has 0 aromatic carbocycles. The molecule has 1 aromatic rings. The maximum Gasteiger partial charge on any atom is 0.0611 e. The van der Waals surface area contributed by atoms with Crippen LogP contribution in [-0.2, 0) is 13.0 Å². The fourth-order valence-electron chi connectivity index (χ4n) is 1.19. The topological polar surface area (TPSA) is 64.1 Å². The van der Waals surface area contributed by atoms with Crippen molar-refractivity contribution >= 4 is 0 Å². The van der Waals surface area contributed by atoms with Gasteiger partial charge in [0, 0.05) is 18.3 Å². The fourth-order valence-corrected chi connectivity index (χ4v) is 1.19. The number of hydrogen-bond donors (Lipinski definition) is 2. The highest BCUT2D eigenvalue weighted by atomic mass is 16.3. The molecule has 0 aliphatic heterocycles. The van der Waals surface area contributed by atoms with Crippen LogP contribution in [0.15, 0.2) is 12.4 Å². The van der Waals surface area contributed by atoms with Gasteiger partial charge in [-0.05, 0) is 25.8 Å². The lowest BCUT2D eigenvalue weighted by Gasteiger charge is -2.20. The predicted molar refractivity (Wildman–Crippen MR) is 51.3 cm³/mol. The van der Waals surface area contributed by atoms with Crippen molar-refractivity contribution in [2.75, 3.05) is 6.61 Å². The number of nitrogens with two attached hydrogens (primary N) is 1. The molecule has 0 fully saturated rings. The van der Waals surface area contributed by atoms with E-state index in [0.717, 1.165) is 12.1 Å². The molecule has 0 amide bonds. The van der Waals surface area contributed by atoms with Crippen LogP contribution in [0.3, 0.4) is 0 Å². The molecule has 0 saturated carbocycles. The molecular formula is C9H17N3O. The van der Waals surface area contributed by atoms with Gasteiger partial charge in [-0.3, -0.25) is 4.68 Å². The fraction of sp³-hybridized carbons (Fsp3) is 0.667. The number of hydrogen-bond acceptors (Lipinski definition) is 3. The van der Waals surface area contributed by atoms with Gasteiger partial charge >= 0.3 is 0 Å². The van der Waals surface area contributed by atoms with Gasteiger partial charge in [0.1, 0.15) is 0 Å². The van der Waals surface area contributed by atoms with Gasteiger partial charge in [-0.25, -0.2) is 0 Å². The van der Waals surface area contributed by atoms with Crippen LogP contribution >= 0.6 is 0 Å². The maximum absolute atomic E-state index is 8.97. The van der Waals surface area contributed by atoms with Crippen molar-refractivity contribution in [2.24, 2.45) is 5.73 Å². The smallest absolute Gasteiger partial charge is 0.0611 e. The van der Waals surface area contributed by atoms with Crippen molar-refractivity contribution in [3.63, 3.8) is 0 Å². The van der Waals surface area contributed by atoms with Gasteiger partial charge in [0.25, 0.3) is 0 Å². The Bertz CT molecular complexity index is 268. The molecule has 74 valence electrons. The van der Waals surface area contributed by atoms with Gasteiger partial charge in [-0.15, -0.1) is 0 Å². The monoisotopic (exact) mass is 183 g/mol. The Morgan fingerprint density at radius 1 is 1.69 bits per heavy atom. The first-order valence-corrected chi connectivity index (χ1v) is 4.48. The quantitative estimate of drug-likeness (QED) is 0.698. The lowest BCUT2D eigenvalue weighted by Crippen LogP contribution is -2.42. The van der Waals surface area contributed by atoms with Crippen LogP contribution < -0.4 is 5.73 Å². The van der Waals surface area contributed by atoms with E-state index >= 15 is 0 Å². The third kappa shape index (κ3) is 2.82. The van der Waals surface area contributed by atoms with Crippen molar-refractivity contribution in [3.8, 4) is 0 Å². The molecule has 1 unspecified atom stereocenters. The van der Waals surface area contributed by atoms with Crippen molar-refractivity contribution in [1.29, 1.82) is 0 Å². The molecule has 0 aliphatic carbocycles. The number of aromatic nitrogens is 2. The van der Waals surface area contributed by atoms with Crippen LogP contribution in [0.25, 0.3) is 0 Å². The number of aliphatic hydroxyl groups excluding tert-OH is 1. The standard InChI is InChI=1S/C9H17N3O/c1-3-12-6-8(5-11-12)4-9(2,10)7-13/h5-6,13H,3-4,7,10H2,1-2H3. The zero-order valence-electron chi connectivity index (χ0n) is 8.20. The predicted octanol–water partition coefficient (Wildman–Crippen LogP) is 0.155. The van der Waals surface area contributed by atoms with E-state index < -0.39 is 5.54 Å². The molecule has 0 spiro atoms. The second kappa shape index (κ2) is 3.89. The Labute approximate surface area is 78.4 Å². The first-order valence-electron chi connectivity index (χ1n) is 4.48. The minimum absolute atomic E-state index is 0.00962. The Morgan fingerprint density at radius 2 is 2.38 bits per heavy atom. The third-order valence-electron chi connectivity index (χ3n) is 1.98. The summed E-state index contributed by atoms with van der Waals surface area (Å²) in [5, 5.41) is 13.1. The molecule has 0 radical (unpaired) electrons. The number of nitrogens with zero attached hydrogens (tertiary/aromatic N) is 2. The molecule has 3 N–H and O–H groups in total. The maximum atomic E-state index is 8.97. The Kier molecular flexibility index (Phi) is 3.06. The van der Waals surface area contributed by atoms with Crippen LogP contribution in [0.2, 0.25) is 0 Å². The molecule has 0 aliphatic rings. The lowest BCUT2D eigenvalue weighted by atomic mass is 9.97. The van der Waals surface area contributed by atoms with Crippen molar-refractivity contribution in [1.82, 2.24) is 9.78 Å². The minimum Gasteiger partial charge on any atom is -0.394 e. The lowest BCUT2D eigenvalue weighted by molar-refractivity contribution is 0.208. The van der Waals surface area contributed by atoms with Crippen LogP contribution in [0.5, 0.6) is 0 Å². The molecule has 13 heavy (non-hydrogen) atoms. The molecule has 1 heterocycles. The summed E-state index contributed by atoms with van der Waals surface area (Å²) >= 11 is 0. The van der Waals surface area contributed by atoms with Crippen LogP contribution in [-0.4, -0.2) is 27.0 Å². The minimum atomic E-state index is -0.540. The van der Waals surface area contributed by atoms with E-state index in [4.69, 9.17) is 10.8 Å². The van der Waals surface area contributed by atoms with Gasteiger partial charge in [0.15, 0.2) is 0 Å². The van der Waals surface area contributed by atoms with E-state index in [-0.39, 0.29) is 6.61 Å². The normalized spacial score (nSPS) is 15.7.